The Kier molecular flexibility index (Phi) is 5.76. The molecular weight excluding hydrogens is 346 g/mol. The van der Waals surface area contributed by atoms with E-state index in [4.69, 9.17) is 18.9 Å². The van der Waals surface area contributed by atoms with E-state index in [-0.39, 0.29) is 6.61 Å². The lowest BCUT2D eigenvalue weighted by Gasteiger charge is -2.26. The van der Waals surface area contributed by atoms with Gasteiger partial charge in [-0.3, -0.25) is 0 Å². The number of ether oxygens (including phenoxy) is 4. The molecule has 0 spiro atoms. The van der Waals surface area contributed by atoms with Crippen LogP contribution < -0.4 is 4.74 Å². The van der Waals surface area contributed by atoms with E-state index in [0.717, 1.165) is 16.9 Å². The molecule has 27 heavy (non-hydrogen) atoms. The maximum Gasteiger partial charge on any atom is 0.340 e. The predicted molar refractivity (Wildman–Crippen MR) is 101 cm³/mol. The van der Waals surface area contributed by atoms with Crippen LogP contribution in [0.5, 0.6) is 5.75 Å². The van der Waals surface area contributed by atoms with Crippen LogP contribution in [0.1, 0.15) is 18.1 Å². The van der Waals surface area contributed by atoms with E-state index in [1.807, 2.05) is 54.6 Å². The van der Waals surface area contributed by atoms with Crippen LogP contribution in [0.4, 0.5) is 0 Å². The molecule has 3 rings (SSSR count). The molecule has 2 atom stereocenters. The van der Waals surface area contributed by atoms with E-state index < -0.39 is 17.6 Å². The standard InChI is InChI=1S/C21H23NO5/c1-15-21(20(23)25-3,14-26-13-16-7-5-4-6-8-16)22-19(27-15)17-9-11-18(24-2)12-10-17/h4-12,15H,13-14H2,1-3H3/t15-,21-/m1/s1. The molecule has 1 heterocycles. The highest BCUT2D eigenvalue weighted by atomic mass is 16.6. The van der Waals surface area contributed by atoms with Crippen molar-refractivity contribution in [2.45, 2.75) is 25.2 Å². The molecule has 6 heteroatoms. The van der Waals surface area contributed by atoms with E-state index in [2.05, 4.69) is 4.99 Å². The number of hydrogen-bond donors (Lipinski definition) is 0. The van der Waals surface area contributed by atoms with Crippen molar-refractivity contribution in [2.75, 3.05) is 20.8 Å². The van der Waals surface area contributed by atoms with Crippen LogP contribution in [0, 0.1) is 0 Å². The average Bonchev–Trinajstić information content (AvgIpc) is 3.05. The van der Waals surface area contributed by atoms with Crippen LogP contribution in [0.15, 0.2) is 59.6 Å². The van der Waals surface area contributed by atoms with Crippen molar-refractivity contribution in [3.05, 3.63) is 65.7 Å². The van der Waals surface area contributed by atoms with Gasteiger partial charge in [0.15, 0.2) is 0 Å². The molecule has 0 unspecified atom stereocenters. The van der Waals surface area contributed by atoms with Crippen LogP contribution in [-0.4, -0.2) is 44.3 Å². The molecule has 1 aliphatic rings. The summed E-state index contributed by atoms with van der Waals surface area (Å²) in [4.78, 5) is 17.1. The average molecular weight is 369 g/mol. The van der Waals surface area contributed by atoms with Gasteiger partial charge in [-0.1, -0.05) is 30.3 Å². The number of carbonyl (C=O) groups is 1. The minimum absolute atomic E-state index is 0.0649. The number of nitrogens with zero attached hydrogens (tertiary/aromatic N) is 1. The zero-order valence-electron chi connectivity index (χ0n) is 15.7. The Morgan fingerprint density at radius 2 is 1.81 bits per heavy atom. The quantitative estimate of drug-likeness (QED) is 0.702. The number of aliphatic imine (C=N–C) groups is 1. The summed E-state index contributed by atoms with van der Waals surface area (Å²) in [5.41, 5.74) is 0.540. The monoisotopic (exact) mass is 369 g/mol. The molecular formula is C21H23NO5. The van der Waals surface area contributed by atoms with Crippen molar-refractivity contribution < 1.29 is 23.7 Å². The Bertz CT molecular complexity index is 803. The Balaban J connectivity index is 1.81. The Morgan fingerprint density at radius 3 is 2.44 bits per heavy atom. The number of methoxy groups -OCH3 is 2. The van der Waals surface area contributed by atoms with Gasteiger partial charge >= 0.3 is 5.97 Å². The molecule has 2 aromatic rings. The molecule has 0 N–H and O–H groups in total. The molecule has 0 fully saturated rings. The minimum atomic E-state index is -1.24. The number of hydrogen-bond acceptors (Lipinski definition) is 6. The van der Waals surface area contributed by atoms with Crippen molar-refractivity contribution in [2.24, 2.45) is 4.99 Å². The highest BCUT2D eigenvalue weighted by Crippen LogP contribution is 2.31. The fraction of sp³-hybridized carbons (Fsp3) is 0.333. The first-order chi connectivity index (χ1) is 13.1. The fourth-order valence-corrected chi connectivity index (χ4v) is 2.93. The molecule has 142 valence electrons. The van der Waals surface area contributed by atoms with Crippen LogP contribution in [0.2, 0.25) is 0 Å². The number of carbonyl (C=O) groups excluding carboxylic acids is 1. The Morgan fingerprint density at radius 1 is 1.11 bits per heavy atom. The van der Waals surface area contributed by atoms with Gasteiger partial charge in [-0.15, -0.1) is 0 Å². The summed E-state index contributed by atoms with van der Waals surface area (Å²) in [5.74, 6) is 0.640. The lowest BCUT2D eigenvalue weighted by atomic mass is 9.96. The second-order valence-corrected chi connectivity index (χ2v) is 6.30. The highest BCUT2D eigenvalue weighted by molar-refractivity contribution is 5.99. The number of esters is 1. The van der Waals surface area contributed by atoms with Crippen molar-refractivity contribution >= 4 is 11.9 Å². The normalized spacial score (nSPS) is 21.3. The van der Waals surface area contributed by atoms with Crippen molar-refractivity contribution in [1.29, 1.82) is 0 Å². The second kappa shape index (κ2) is 8.22. The van der Waals surface area contributed by atoms with Gasteiger partial charge in [0, 0.05) is 5.56 Å². The van der Waals surface area contributed by atoms with Crippen LogP contribution in [0.3, 0.4) is 0 Å². The SMILES string of the molecule is COC(=O)[C@]1(COCc2ccccc2)N=C(c2ccc(OC)cc2)O[C@@H]1C. The summed E-state index contributed by atoms with van der Waals surface area (Å²) >= 11 is 0. The zero-order valence-corrected chi connectivity index (χ0v) is 15.7. The smallest absolute Gasteiger partial charge is 0.340 e. The molecule has 0 amide bonds. The van der Waals surface area contributed by atoms with Gasteiger partial charge in [0.1, 0.15) is 11.9 Å². The molecule has 0 saturated heterocycles. The van der Waals surface area contributed by atoms with Gasteiger partial charge in [0.05, 0.1) is 27.4 Å². The lowest BCUT2D eigenvalue weighted by Crippen LogP contribution is -2.49. The van der Waals surface area contributed by atoms with Gasteiger partial charge in [-0.2, -0.15) is 0 Å². The van der Waals surface area contributed by atoms with Crippen molar-refractivity contribution in [1.82, 2.24) is 0 Å². The molecule has 0 aromatic heterocycles. The number of rotatable bonds is 7. The first-order valence-corrected chi connectivity index (χ1v) is 8.70. The van der Waals surface area contributed by atoms with E-state index in [9.17, 15) is 4.79 Å². The third-order valence-electron chi connectivity index (χ3n) is 4.57. The van der Waals surface area contributed by atoms with E-state index in [1.165, 1.54) is 7.11 Å². The predicted octanol–water partition coefficient (Wildman–Crippen LogP) is 2.99. The second-order valence-electron chi connectivity index (χ2n) is 6.30. The summed E-state index contributed by atoms with van der Waals surface area (Å²) in [7, 11) is 2.95. The minimum Gasteiger partial charge on any atom is -0.497 e. The molecule has 0 aliphatic carbocycles. The Labute approximate surface area is 158 Å². The van der Waals surface area contributed by atoms with E-state index >= 15 is 0 Å². The molecule has 0 radical (unpaired) electrons. The van der Waals surface area contributed by atoms with Gasteiger partial charge in [-0.25, -0.2) is 9.79 Å². The maximum atomic E-state index is 12.6. The third kappa shape index (κ3) is 3.95. The van der Waals surface area contributed by atoms with Crippen LogP contribution >= 0.6 is 0 Å². The molecule has 6 nitrogen and oxygen atoms in total. The van der Waals surface area contributed by atoms with Gasteiger partial charge in [0.2, 0.25) is 11.4 Å². The van der Waals surface area contributed by atoms with E-state index in [1.54, 1.807) is 14.0 Å². The molecule has 0 saturated carbocycles. The summed E-state index contributed by atoms with van der Waals surface area (Å²) in [5, 5.41) is 0. The highest BCUT2D eigenvalue weighted by Gasteiger charge is 2.52. The summed E-state index contributed by atoms with van der Waals surface area (Å²) in [6.45, 7) is 2.23. The maximum absolute atomic E-state index is 12.6. The number of benzene rings is 2. The largest absolute Gasteiger partial charge is 0.497 e. The van der Waals surface area contributed by atoms with Gasteiger partial charge in [-0.05, 0) is 36.8 Å². The summed E-state index contributed by atoms with van der Waals surface area (Å²) in [6, 6.07) is 17.1. The van der Waals surface area contributed by atoms with Crippen LogP contribution in [-0.2, 0) is 25.6 Å². The Hall–Kier alpha value is -2.86. The van der Waals surface area contributed by atoms with Crippen molar-refractivity contribution in [3.8, 4) is 5.75 Å². The van der Waals surface area contributed by atoms with Gasteiger partial charge in [0.25, 0.3) is 0 Å². The first kappa shape index (κ1) is 18.9. The van der Waals surface area contributed by atoms with E-state index in [0.29, 0.717) is 12.5 Å². The zero-order chi connectivity index (χ0) is 19.3. The summed E-state index contributed by atoms with van der Waals surface area (Å²) < 4.78 is 21.9. The van der Waals surface area contributed by atoms with Gasteiger partial charge < -0.3 is 18.9 Å². The van der Waals surface area contributed by atoms with Crippen LogP contribution in [0.25, 0.3) is 0 Å². The lowest BCUT2D eigenvalue weighted by molar-refractivity contribution is -0.152. The fourth-order valence-electron chi connectivity index (χ4n) is 2.93. The third-order valence-corrected chi connectivity index (χ3v) is 4.57. The summed E-state index contributed by atoms with van der Waals surface area (Å²) in [6.07, 6.45) is -0.516. The topological polar surface area (TPSA) is 66.4 Å². The first-order valence-electron chi connectivity index (χ1n) is 8.70. The van der Waals surface area contributed by atoms with Crippen molar-refractivity contribution in [3.63, 3.8) is 0 Å². The molecule has 1 aliphatic heterocycles. The molecule has 0 bridgehead atoms. The molecule has 2 aromatic carbocycles.